The maximum Gasteiger partial charge on any atom is 0.271 e. The number of nitrogens with zero attached hydrogens (tertiary/aromatic N) is 3. The summed E-state index contributed by atoms with van der Waals surface area (Å²) in [6, 6.07) is 29.9. The van der Waals surface area contributed by atoms with Crippen molar-refractivity contribution in [1.29, 1.82) is 0 Å². The SMILES string of the molecule is CCN(CC)C(=O)C1=C(C)N=c2s/c(=C/c3c4ccccc4cc4ccccc34)c(=O)n2[C@H]1c1c(OC)ccc2ccccc12. The van der Waals surface area contributed by atoms with Gasteiger partial charge in [-0.25, -0.2) is 4.99 Å². The lowest BCUT2D eigenvalue weighted by atomic mass is 9.90. The van der Waals surface area contributed by atoms with Crippen molar-refractivity contribution in [3.8, 4) is 5.75 Å². The van der Waals surface area contributed by atoms with E-state index in [1.807, 2.05) is 87.5 Å². The Labute approximate surface area is 264 Å². The largest absolute Gasteiger partial charge is 0.496 e. The van der Waals surface area contributed by atoms with E-state index in [1.165, 1.54) is 11.3 Å². The van der Waals surface area contributed by atoms with Crippen LogP contribution in [0.15, 0.2) is 112 Å². The number of allylic oxidation sites excluding steroid dienone is 1. The van der Waals surface area contributed by atoms with Gasteiger partial charge < -0.3 is 9.64 Å². The second kappa shape index (κ2) is 11.5. The zero-order chi connectivity index (χ0) is 31.2. The average Bonchev–Trinajstić information content (AvgIpc) is 3.37. The van der Waals surface area contributed by atoms with Gasteiger partial charge in [-0.3, -0.25) is 14.2 Å². The highest BCUT2D eigenvalue weighted by molar-refractivity contribution is 7.07. The molecule has 0 saturated carbocycles. The summed E-state index contributed by atoms with van der Waals surface area (Å²) in [5.41, 5.74) is 2.68. The van der Waals surface area contributed by atoms with E-state index in [4.69, 9.17) is 9.73 Å². The summed E-state index contributed by atoms with van der Waals surface area (Å²) in [7, 11) is 1.63. The molecule has 1 aliphatic heterocycles. The van der Waals surface area contributed by atoms with Crippen LogP contribution in [0.5, 0.6) is 5.75 Å². The van der Waals surface area contributed by atoms with E-state index in [2.05, 4.69) is 30.3 Å². The molecule has 0 fully saturated rings. The molecule has 0 radical (unpaired) electrons. The minimum atomic E-state index is -0.721. The van der Waals surface area contributed by atoms with Gasteiger partial charge in [-0.15, -0.1) is 0 Å². The van der Waals surface area contributed by atoms with Crippen LogP contribution in [0.4, 0.5) is 0 Å². The van der Waals surface area contributed by atoms with Crippen LogP contribution in [0.2, 0.25) is 0 Å². The summed E-state index contributed by atoms with van der Waals surface area (Å²) < 4.78 is 8.20. The summed E-state index contributed by atoms with van der Waals surface area (Å²) in [5, 5.41) is 6.29. The summed E-state index contributed by atoms with van der Waals surface area (Å²) in [6.45, 7) is 6.90. The van der Waals surface area contributed by atoms with Crippen LogP contribution in [0, 0.1) is 0 Å². The predicted octanol–water partition coefficient (Wildman–Crippen LogP) is 6.57. The van der Waals surface area contributed by atoms with Crippen molar-refractivity contribution < 1.29 is 9.53 Å². The minimum absolute atomic E-state index is 0.129. The molecule has 0 saturated heterocycles. The molecule has 0 N–H and O–H groups in total. The van der Waals surface area contributed by atoms with E-state index in [9.17, 15) is 9.59 Å². The zero-order valence-electron chi connectivity index (χ0n) is 25.7. The third-order valence-corrected chi connectivity index (χ3v) is 9.80. The lowest BCUT2D eigenvalue weighted by Crippen LogP contribution is -2.43. The topological polar surface area (TPSA) is 63.9 Å². The Kier molecular flexibility index (Phi) is 7.34. The van der Waals surface area contributed by atoms with Gasteiger partial charge in [-0.1, -0.05) is 90.2 Å². The van der Waals surface area contributed by atoms with Crippen molar-refractivity contribution >= 4 is 55.6 Å². The maximum atomic E-state index is 14.7. The first-order valence-electron chi connectivity index (χ1n) is 15.2. The number of fused-ring (bicyclic) bond motifs is 4. The number of hydrogen-bond acceptors (Lipinski definition) is 5. The monoisotopic (exact) mass is 611 g/mol. The van der Waals surface area contributed by atoms with Crippen LogP contribution in [-0.4, -0.2) is 35.6 Å². The van der Waals surface area contributed by atoms with Crippen LogP contribution in [0.1, 0.15) is 37.9 Å². The second-order valence-electron chi connectivity index (χ2n) is 11.2. The Bertz CT molecular complexity index is 2310. The summed E-state index contributed by atoms with van der Waals surface area (Å²) in [5.74, 6) is 0.489. The molecule has 5 aromatic carbocycles. The van der Waals surface area contributed by atoms with Gasteiger partial charge in [0.2, 0.25) is 0 Å². The highest BCUT2D eigenvalue weighted by atomic mass is 32.1. The molecule has 2 heterocycles. The van der Waals surface area contributed by atoms with Gasteiger partial charge in [0.05, 0.1) is 22.9 Å². The number of methoxy groups -OCH3 is 1. The standard InChI is InChI=1S/C38H33N3O3S/c1-5-40(6-2)37(43)33-23(3)39-38-41(35(33)34-29-18-12-7-13-24(29)19-20-31(34)44-4)36(42)32(45-38)22-30-27-16-10-8-14-25(27)21-26-15-9-11-17-28(26)30/h7-22,35H,5-6H2,1-4H3/b32-22+/t35-/m1/s1. The van der Waals surface area contributed by atoms with Crippen molar-refractivity contribution in [3.05, 3.63) is 133 Å². The third kappa shape index (κ3) is 4.66. The molecule has 0 spiro atoms. The van der Waals surface area contributed by atoms with Crippen molar-refractivity contribution in [2.45, 2.75) is 26.8 Å². The number of likely N-dealkylation sites (N-methyl/N-ethyl adjacent to an activating group) is 1. The molecule has 0 aliphatic carbocycles. The Balaban J connectivity index is 1.57. The number of thiazole rings is 1. The van der Waals surface area contributed by atoms with Crippen LogP contribution in [0.25, 0.3) is 38.4 Å². The molecule has 6 aromatic rings. The van der Waals surface area contributed by atoms with E-state index >= 15 is 0 Å². The lowest BCUT2D eigenvalue weighted by molar-refractivity contribution is -0.127. The first kappa shape index (κ1) is 28.7. The lowest BCUT2D eigenvalue weighted by Gasteiger charge is -2.30. The fourth-order valence-electron chi connectivity index (χ4n) is 6.62. The number of carbonyl (C=O) groups is 1. The van der Waals surface area contributed by atoms with Crippen LogP contribution in [0.3, 0.4) is 0 Å². The highest BCUT2D eigenvalue weighted by Crippen LogP contribution is 2.40. The van der Waals surface area contributed by atoms with Gasteiger partial charge in [0, 0.05) is 18.7 Å². The molecule has 1 aliphatic rings. The molecule has 1 aromatic heterocycles. The van der Waals surface area contributed by atoms with Gasteiger partial charge in [0.25, 0.3) is 11.5 Å². The number of aromatic nitrogens is 1. The maximum absolute atomic E-state index is 14.7. The zero-order valence-corrected chi connectivity index (χ0v) is 26.5. The molecule has 224 valence electrons. The van der Waals surface area contributed by atoms with Crippen molar-refractivity contribution in [1.82, 2.24) is 9.47 Å². The quantitative estimate of drug-likeness (QED) is 0.200. The van der Waals surface area contributed by atoms with Crippen molar-refractivity contribution in [3.63, 3.8) is 0 Å². The fourth-order valence-corrected chi connectivity index (χ4v) is 7.65. The molecular weight excluding hydrogens is 579 g/mol. The van der Waals surface area contributed by atoms with E-state index in [-0.39, 0.29) is 11.5 Å². The fraction of sp³-hybridized carbons (Fsp3) is 0.184. The number of amides is 1. The first-order valence-corrected chi connectivity index (χ1v) is 16.0. The van der Waals surface area contributed by atoms with Crippen LogP contribution < -0.4 is 19.6 Å². The highest BCUT2D eigenvalue weighted by Gasteiger charge is 2.36. The number of ether oxygens (including phenoxy) is 1. The smallest absolute Gasteiger partial charge is 0.271 e. The average molecular weight is 612 g/mol. The number of carbonyl (C=O) groups excluding carboxylic acids is 1. The molecule has 7 heteroatoms. The third-order valence-electron chi connectivity index (χ3n) is 8.82. The molecule has 1 amide bonds. The second-order valence-corrected chi connectivity index (χ2v) is 12.2. The van der Waals surface area contributed by atoms with E-state index in [0.29, 0.717) is 39.4 Å². The van der Waals surface area contributed by atoms with Crippen molar-refractivity contribution in [2.75, 3.05) is 20.2 Å². The van der Waals surface area contributed by atoms with Gasteiger partial charge in [0.15, 0.2) is 4.80 Å². The van der Waals surface area contributed by atoms with Gasteiger partial charge >= 0.3 is 0 Å². The molecule has 6 nitrogen and oxygen atoms in total. The predicted molar refractivity (Wildman–Crippen MR) is 184 cm³/mol. The Morgan fingerprint density at radius 3 is 2.11 bits per heavy atom. The van der Waals surface area contributed by atoms with Gasteiger partial charge in [0.1, 0.15) is 11.8 Å². The Hall–Kier alpha value is -5.01. The number of rotatable bonds is 6. The normalized spacial score (nSPS) is 15.0. The van der Waals surface area contributed by atoms with Gasteiger partial charge in [-0.05, 0) is 76.9 Å². The molecule has 1 atom stereocenters. The molecule has 45 heavy (non-hydrogen) atoms. The summed E-state index contributed by atoms with van der Waals surface area (Å²) >= 11 is 1.36. The van der Waals surface area contributed by atoms with E-state index < -0.39 is 6.04 Å². The Morgan fingerprint density at radius 1 is 0.889 bits per heavy atom. The summed E-state index contributed by atoms with van der Waals surface area (Å²) in [4.78, 5) is 36.2. The van der Waals surface area contributed by atoms with Crippen molar-refractivity contribution in [2.24, 2.45) is 4.99 Å². The molecular formula is C38H33N3O3S. The molecule has 0 bridgehead atoms. The van der Waals surface area contributed by atoms with Gasteiger partial charge in [-0.2, -0.15) is 0 Å². The van der Waals surface area contributed by atoms with Crippen LogP contribution in [-0.2, 0) is 4.79 Å². The molecule has 0 unspecified atom stereocenters. The van der Waals surface area contributed by atoms with Crippen LogP contribution >= 0.6 is 11.3 Å². The number of hydrogen-bond donors (Lipinski definition) is 0. The Morgan fingerprint density at radius 2 is 1.49 bits per heavy atom. The van der Waals surface area contributed by atoms with E-state index in [1.54, 1.807) is 16.6 Å². The van der Waals surface area contributed by atoms with E-state index in [0.717, 1.165) is 43.4 Å². The number of benzene rings is 5. The molecule has 7 rings (SSSR count). The minimum Gasteiger partial charge on any atom is -0.496 e. The first-order chi connectivity index (χ1) is 21.9. The summed E-state index contributed by atoms with van der Waals surface area (Å²) in [6.07, 6.45) is 2.00.